The molecule has 0 saturated carbocycles. The molecule has 2 aromatic carbocycles. The fourth-order valence-electron chi connectivity index (χ4n) is 2.64. The summed E-state index contributed by atoms with van der Waals surface area (Å²) in [6.07, 6.45) is 0. The van der Waals surface area contributed by atoms with Crippen LogP contribution in [0.3, 0.4) is 0 Å². The van der Waals surface area contributed by atoms with Crippen LogP contribution in [-0.4, -0.2) is 22.9 Å². The van der Waals surface area contributed by atoms with Crippen molar-refractivity contribution in [2.75, 3.05) is 0 Å². The van der Waals surface area contributed by atoms with Crippen molar-refractivity contribution in [3.63, 3.8) is 0 Å². The van der Waals surface area contributed by atoms with Crippen LogP contribution >= 0.6 is 0 Å². The highest BCUT2D eigenvalue weighted by Gasteiger charge is 2.19. The molecule has 0 unspecified atom stereocenters. The van der Waals surface area contributed by atoms with Crippen molar-refractivity contribution >= 4 is 20.0 Å². The zero-order valence-electron chi connectivity index (χ0n) is 15.4. The summed E-state index contributed by atoms with van der Waals surface area (Å²) in [5.74, 6) is -0.766. The summed E-state index contributed by atoms with van der Waals surface area (Å²) in [5, 5.41) is 0. The molecule has 0 aliphatic heterocycles. The van der Waals surface area contributed by atoms with Crippen molar-refractivity contribution in [3.05, 3.63) is 65.0 Å². The van der Waals surface area contributed by atoms with Crippen molar-refractivity contribution in [1.29, 1.82) is 0 Å². The molecule has 0 saturated heterocycles. The number of hydrogen-bond donors (Lipinski definition) is 2. The van der Waals surface area contributed by atoms with E-state index in [1.807, 2.05) is 0 Å². The van der Waals surface area contributed by atoms with Crippen LogP contribution in [-0.2, 0) is 32.3 Å². The zero-order valence-corrected chi connectivity index (χ0v) is 17.0. The number of rotatable bonds is 8. The monoisotopic (exact) mass is 414 g/mol. The lowest BCUT2D eigenvalue weighted by Crippen LogP contribution is -2.32. The second kappa shape index (κ2) is 8.47. The summed E-state index contributed by atoms with van der Waals surface area (Å²) in [6.45, 7) is 4.88. The Morgan fingerprint density at radius 2 is 1.63 bits per heavy atom. The highest BCUT2D eigenvalue weighted by Crippen LogP contribution is 2.18. The first kappa shape index (κ1) is 21.5. The van der Waals surface area contributed by atoms with E-state index in [-0.39, 0.29) is 23.2 Å². The summed E-state index contributed by atoms with van der Waals surface area (Å²) in [4.78, 5) is -0.0181. The largest absolute Gasteiger partial charge is 0.241 e. The lowest BCUT2D eigenvalue weighted by Gasteiger charge is -2.14. The molecule has 0 heterocycles. The first-order valence-electron chi connectivity index (χ1n) is 8.33. The van der Waals surface area contributed by atoms with E-state index in [1.54, 1.807) is 38.1 Å². The third-order valence-corrected chi connectivity index (χ3v) is 6.84. The van der Waals surface area contributed by atoms with Gasteiger partial charge in [0, 0.05) is 12.6 Å². The summed E-state index contributed by atoms with van der Waals surface area (Å²) >= 11 is 0. The van der Waals surface area contributed by atoms with Gasteiger partial charge in [0.15, 0.2) is 0 Å². The van der Waals surface area contributed by atoms with Gasteiger partial charge in [0.1, 0.15) is 5.82 Å². The fourth-order valence-corrected chi connectivity index (χ4v) is 5.36. The molecular formula is C18H23FN2O4S2. The number of sulfonamides is 2. The second-order valence-electron chi connectivity index (χ2n) is 6.53. The van der Waals surface area contributed by atoms with E-state index in [9.17, 15) is 21.2 Å². The van der Waals surface area contributed by atoms with E-state index in [2.05, 4.69) is 9.44 Å². The Kier molecular flexibility index (Phi) is 6.74. The van der Waals surface area contributed by atoms with Gasteiger partial charge in [0.25, 0.3) is 0 Å². The van der Waals surface area contributed by atoms with Crippen LogP contribution in [0.5, 0.6) is 0 Å². The minimum atomic E-state index is -3.87. The molecule has 0 bridgehead atoms. The molecule has 2 aromatic rings. The summed E-state index contributed by atoms with van der Waals surface area (Å²) < 4.78 is 67.6. The van der Waals surface area contributed by atoms with Crippen LogP contribution in [0.15, 0.2) is 47.4 Å². The minimum absolute atomic E-state index is 0.0181. The van der Waals surface area contributed by atoms with Crippen molar-refractivity contribution < 1.29 is 21.2 Å². The van der Waals surface area contributed by atoms with Crippen LogP contribution in [0, 0.1) is 12.7 Å². The molecule has 0 aliphatic carbocycles. The molecule has 0 aromatic heterocycles. The Bertz CT molecular complexity index is 1020. The van der Waals surface area contributed by atoms with E-state index in [0.29, 0.717) is 16.7 Å². The van der Waals surface area contributed by atoms with Crippen molar-refractivity contribution in [1.82, 2.24) is 9.44 Å². The Morgan fingerprint density at radius 3 is 2.22 bits per heavy atom. The number of halogens is 1. The molecule has 0 aliphatic rings. The molecule has 0 spiro atoms. The third kappa shape index (κ3) is 6.10. The average Bonchev–Trinajstić information content (AvgIpc) is 2.52. The van der Waals surface area contributed by atoms with Crippen LogP contribution < -0.4 is 9.44 Å². The fraction of sp³-hybridized carbons (Fsp3) is 0.333. The maximum absolute atomic E-state index is 13.2. The predicted octanol–water partition coefficient (Wildman–Crippen LogP) is 2.44. The quantitative estimate of drug-likeness (QED) is 0.694. The highest BCUT2D eigenvalue weighted by atomic mass is 32.2. The van der Waals surface area contributed by atoms with Gasteiger partial charge in [-0.05, 0) is 55.7 Å². The van der Waals surface area contributed by atoms with E-state index >= 15 is 0 Å². The number of aryl methyl sites for hydroxylation is 1. The predicted molar refractivity (Wildman–Crippen MR) is 103 cm³/mol. The first-order valence-corrected chi connectivity index (χ1v) is 11.5. The standard InChI is InChI=1S/C18H23FN2O4S2/c1-13(2)21-26(22,23)12-16-7-5-4-6-15(16)11-20-27(24,25)18-9-8-17(19)10-14(18)3/h4-10,13,20-21H,11-12H2,1-3H3. The summed E-state index contributed by atoms with van der Waals surface area (Å²) in [6, 6.07) is 9.91. The molecule has 9 heteroatoms. The van der Waals surface area contributed by atoms with Crippen molar-refractivity contribution in [2.24, 2.45) is 0 Å². The maximum atomic E-state index is 13.2. The number of nitrogens with one attached hydrogen (secondary N) is 2. The van der Waals surface area contributed by atoms with E-state index in [1.165, 1.54) is 13.0 Å². The molecule has 6 nitrogen and oxygen atoms in total. The molecular weight excluding hydrogens is 391 g/mol. The average molecular weight is 415 g/mol. The third-order valence-electron chi connectivity index (χ3n) is 3.76. The first-order chi connectivity index (χ1) is 12.5. The molecule has 2 rings (SSSR count). The van der Waals surface area contributed by atoms with Gasteiger partial charge >= 0.3 is 0 Å². The molecule has 0 amide bonds. The Balaban J connectivity index is 2.21. The number of hydrogen-bond acceptors (Lipinski definition) is 4. The van der Waals surface area contributed by atoms with Crippen molar-refractivity contribution in [3.8, 4) is 0 Å². The normalized spacial score (nSPS) is 12.5. The van der Waals surface area contributed by atoms with Gasteiger partial charge in [-0.3, -0.25) is 0 Å². The van der Waals surface area contributed by atoms with Crippen molar-refractivity contribution in [2.45, 2.75) is 44.0 Å². The lowest BCUT2D eigenvalue weighted by atomic mass is 10.1. The molecule has 0 radical (unpaired) electrons. The zero-order chi connectivity index (χ0) is 20.2. The van der Waals surface area contributed by atoms with E-state index in [0.717, 1.165) is 12.1 Å². The van der Waals surface area contributed by atoms with Crippen LogP contribution in [0.2, 0.25) is 0 Å². The Labute approximate surface area is 159 Å². The van der Waals surface area contributed by atoms with Gasteiger partial charge in [0.05, 0.1) is 10.6 Å². The molecule has 27 heavy (non-hydrogen) atoms. The minimum Gasteiger partial charge on any atom is -0.212 e. The molecule has 2 N–H and O–H groups in total. The van der Waals surface area contributed by atoms with Gasteiger partial charge in [-0.1, -0.05) is 24.3 Å². The van der Waals surface area contributed by atoms with Crippen LogP contribution in [0.4, 0.5) is 4.39 Å². The maximum Gasteiger partial charge on any atom is 0.241 e. The van der Waals surface area contributed by atoms with E-state index < -0.39 is 25.9 Å². The van der Waals surface area contributed by atoms with Gasteiger partial charge in [-0.25, -0.2) is 30.7 Å². The number of benzene rings is 2. The van der Waals surface area contributed by atoms with Gasteiger partial charge in [-0.2, -0.15) is 0 Å². The van der Waals surface area contributed by atoms with Crippen LogP contribution in [0.1, 0.15) is 30.5 Å². The lowest BCUT2D eigenvalue weighted by molar-refractivity contribution is 0.568. The van der Waals surface area contributed by atoms with Gasteiger partial charge < -0.3 is 0 Å². The topological polar surface area (TPSA) is 92.3 Å². The SMILES string of the molecule is Cc1cc(F)ccc1S(=O)(=O)NCc1ccccc1CS(=O)(=O)NC(C)C. The second-order valence-corrected chi connectivity index (χ2v) is 10.0. The molecule has 0 atom stereocenters. The van der Waals surface area contributed by atoms with E-state index in [4.69, 9.17) is 0 Å². The molecule has 148 valence electrons. The smallest absolute Gasteiger partial charge is 0.212 e. The van der Waals surface area contributed by atoms with Gasteiger partial charge in [-0.15, -0.1) is 0 Å². The summed E-state index contributed by atoms with van der Waals surface area (Å²) in [5.41, 5.74) is 1.35. The van der Waals surface area contributed by atoms with Crippen LogP contribution in [0.25, 0.3) is 0 Å². The Morgan fingerprint density at radius 1 is 1.00 bits per heavy atom. The molecule has 0 fully saturated rings. The highest BCUT2D eigenvalue weighted by molar-refractivity contribution is 7.89. The van der Waals surface area contributed by atoms with Gasteiger partial charge in [0.2, 0.25) is 20.0 Å². The Hall–Kier alpha value is -1.81. The summed E-state index contributed by atoms with van der Waals surface area (Å²) in [7, 11) is -7.41.